The molecule has 0 saturated carbocycles. The van der Waals surface area contributed by atoms with Crippen molar-refractivity contribution in [3.8, 4) is 0 Å². The number of hydrogen-bond acceptors (Lipinski definition) is 5. The minimum atomic E-state index is -2.86. The highest BCUT2D eigenvalue weighted by Crippen LogP contribution is 2.22. The third-order valence-electron chi connectivity index (χ3n) is 4.10. The monoisotopic (exact) mass is 305 g/mol. The summed E-state index contributed by atoms with van der Waals surface area (Å²) in [5.74, 6) is -0.217. The van der Waals surface area contributed by atoms with Crippen molar-refractivity contribution in [2.45, 2.75) is 44.2 Å². The Bertz CT molecular complexity index is 428. The van der Waals surface area contributed by atoms with Gasteiger partial charge in [0.25, 0.3) is 0 Å². The lowest BCUT2D eigenvalue weighted by Gasteiger charge is -2.38. The first-order chi connectivity index (χ1) is 9.46. The molecule has 6 nitrogen and oxygen atoms in total. The number of likely N-dealkylation sites (tertiary alicyclic amines) is 1. The van der Waals surface area contributed by atoms with Crippen molar-refractivity contribution in [2.75, 3.05) is 31.2 Å². The molecule has 0 amide bonds. The standard InChI is InChI=1S/C13H23NO5S/c15-13(16)5-8-19-12-3-6-14(7-4-12)11-2-1-9-20(17,18)10-11/h11-12H,1-10H2,(H,15,16). The Morgan fingerprint density at radius 1 is 1.25 bits per heavy atom. The van der Waals surface area contributed by atoms with Crippen LogP contribution in [0.25, 0.3) is 0 Å². The van der Waals surface area contributed by atoms with Gasteiger partial charge in [-0.05, 0) is 25.7 Å². The molecule has 0 aromatic carbocycles. The Balaban J connectivity index is 1.72. The van der Waals surface area contributed by atoms with Crippen LogP contribution in [0.3, 0.4) is 0 Å². The van der Waals surface area contributed by atoms with Crippen LogP contribution in [0.4, 0.5) is 0 Å². The molecule has 0 aromatic rings. The molecule has 2 aliphatic heterocycles. The highest BCUT2D eigenvalue weighted by atomic mass is 32.2. The minimum absolute atomic E-state index is 0.0427. The molecule has 0 spiro atoms. The van der Waals surface area contributed by atoms with Gasteiger partial charge in [-0.1, -0.05) is 0 Å². The number of sulfone groups is 1. The third kappa shape index (κ3) is 4.71. The molecule has 2 saturated heterocycles. The summed E-state index contributed by atoms with van der Waals surface area (Å²) in [6.45, 7) is 1.95. The first-order valence-corrected chi connectivity index (χ1v) is 9.06. The van der Waals surface area contributed by atoms with Crippen molar-refractivity contribution in [3.05, 3.63) is 0 Å². The van der Waals surface area contributed by atoms with E-state index in [2.05, 4.69) is 4.90 Å². The summed E-state index contributed by atoms with van der Waals surface area (Å²) < 4.78 is 28.9. The summed E-state index contributed by atoms with van der Waals surface area (Å²) in [6.07, 6.45) is 3.60. The zero-order chi connectivity index (χ0) is 14.6. The topological polar surface area (TPSA) is 83.9 Å². The molecule has 7 heteroatoms. The zero-order valence-electron chi connectivity index (χ0n) is 11.7. The van der Waals surface area contributed by atoms with Crippen LogP contribution in [0.5, 0.6) is 0 Å². The smallest absolute Gasteiger partial charge is 0.305 e. The first-order valence-electron chi connectivity index (χ1n) is 7.24. The largest absolute Gasteiger partial charge is 0.481 e. The van der Waals surface area contributed by atoms with E-state index in [-0.39, 0.29) is 30.9 Å². The highest BCUT2D eigenvalue weighted by molar-refractivity contribution is 7.91. The molecular formula is C13H23NO5S. The van der Waals surface area contributed by atoms with Gasteiger partial charge in [-0.2, -0.15) is 0 Å². The molecule has 1 N–H and O–H groups in total. The van der Waals surface area contributed by atoms with Gasteiger partial charge in [-0.3, -0.25) is 9.69 Å². The molecule has 0 aliphatic carbocycles. The van der Waals surface area contributed by atoms with E-state index in [0.717, 1.165) is 38.8 Å². The molecule has 116 valence electrons. The molecule has 1 unspecified atom stereocenters. The Morgan fingerprint density at radius 3 is 2.55 bits per heavy atom. The number of nitrogens with zero attached hydrogens (tertiary/aromatic N) is 1. The van der Waals surface area contributed by atoms with E-state index in [0.29, 0.717) is 5.75 Å². The summed E-state index contributed by atoms with van der Waals surface area (Å²) in [4.78, 5) is 12.7. The van der Waals surface area contributed by atoms with Crippen molar-refractivity contribution < 1.29 is 23.1 Å². The van der Waals surface area contributed by atoms with Crippen LogP contribution < -0.4 is 0 Å². The molecule has 2 aliphatic rings. The van der Waals surface area contributed by atoms with Crippen LogP contribution in [0.15, 0.2) is 0 Å². The average molecular weight is 305 g/mol. The molecule has 2 rings (SSSR count). The van der Waals surface area contributed by atoms with Gasteiger partial charge in [-0.15, -0.1) is 0 Å². The second kappa shape index (κ2) is 6.87. The van der Waals surface area contributed by atoms with Crippen LogP contribution in [-0.2, 0) is 19.4 Å². The minimum Gasteiger partial charge on any atom is -0.481 e. The molecular weight excluding hydrogens is 282 g/mol. The van der Waals surface area contributed by atoms with Gasteiger partial charge in [-0.25, -0.2) is 8.42 Å². The van der Waals surface area contributed by atoms with E-state index in [1.165, 1.54) is 0 Å². The van der Waals surface area contributed by atoms with Crippen molar-refractivity contribution >= 4 is 15.8 Å². The van der Waals surface area contributed by atoms with Gasteiger partial charge >= 0.3 is 5.97 Å². The molecule has 1 atom stereocenters. The number of piperidine rings is 1. The van der Waals surface area contributed by atoms with E-state index >= 15 is 0 Å². The number of aliphatic carboxylic acids is 1. The fourth-order valence-corrected chi connectivity index (χ4v) is 4.74. The lowest BCUT2D eigenvalue weighted by Crippen LogP contribution is -2.48. The fourth-order valence-electron chi connectivity index (χ4n) is 3.01. The van der Waals surface area contributed by atoms with Crippen LogP contribution >= 0.6 is 0 Å². The molecule has 2 fully saturated rings. The predicted octanol–water partition coefficient (Wildman–Crippen LogP) is 0.519. The van der Waals surface area contributed by atoms with Gasteiger partial charge in [0.1, 0.15) is 0 Å². The van der Waals surface area contributed by atoms with Crippen LogP contribution in [0.2, 0.25) is 0 Å². The van der Waals surface area contributed by atoms with Gasteiger partial charge in [0.2, 0.25) is 0 Å². The molecule has 0 radical (unpaired) electrons. The lowest BCUT2D eigenvalue weighted by molar-refractivity contribution is -0.138. The molecule has 20 heavy (non-hydrogen) atoms. The van der Waals surface area contributed by atoms with E-state index in [1.807, 2.05) is 0 Å². The lowest BCUT2D eigenvalue weighted by atomic mass is 10.0. The predicted molar refractivity (Wildman–Crippen MR) is 74.5 cm³/mol. The molecule has 0 bridgehead atoms. The quantitative estimate of drug-likeness (QED) is 0.797. The Labute approximate surface area is 120 Å². The fraction of sp³-hybridized carbons (Fsp3) is 0.923. The van der Waals surface area contributed by atoms with Gasteiger partial charge in [0.15, 0.2) is 9.84 Å². The highest BCUT2D eigenvalue weighted by Gasteiger charge is 2.31. The van der Waals surface area contributed by atoms with Crippen molar-refractivity contribution in [1.82, 2.24) is 4.90 Å². The maximum Gasteiger partial charge on any atom is 0.305 e. The van der Waals surface area contributed by atoms with Crippen molar-refractivity contribution in [2.24, 2.45) is 0 Å². The van der Waals surface area contributed by atoms with Gasteiger partial charge in [0, 0.05) is 19.1 Å². The zero-order valence-corrected chi connectivity index (χ0v) is 12.5. The first kappa shape index (κ1) is 15.7. The average Bonchev–Trinajstić information content (AvgIpc) is 2.38. The SMILES string of the molecule is O=C(O)CCOC1CCN(C2CCCS(=O)(=O)C2)CC1. The maximum atomic E-state index is 11.7. The van der Waals surface area contributed by atoms with Crippen molar-refractivity contribution in [1.29, 1.82) is 0 Å². The molecule has 0 aromatic heterocycles. The summed E-state index contributed by atoms with van der Waals surface area (Å²) in [6, 6.07) is 0.161. The number of carboxylic acid groups (broad SMARTS) is 1. The number of hydrogen-bond donors (Lipinski definition) is 1. The van der Waals surface area contributed by atoms with E-state index in [1.54, 1.807) is 0 Å². The third-order valence-corrected chi connectivity index (χ3v) is 5.90. The number of carboxylic acids is 1. The summed E-state index contributed by atoms with van der Waals surface area (Å²) >= 11 is 0. The Hall–Kier alpha value is -0.660. The summed E-state index contributed by atoms with van der Waals surface area (Å²) in [5.41, 5.74) is 0. The number of carbonyl (C=O) groups is 1. The Kier molecular flexibility index (Phi) is 5.40. The second-order valence-corrected chi connectivity index (χ2v) is 7.89. The number of rotatable bonds is 5. The van der Waals surface area contributed by atoms with Crippen LogP contribution in [0, 0.1) is 0 Å². The van der Waals surface area contributed by atoms with E-state index in [4.69, 9.17) is 9.84 Å². The summed E-state index contributed by atoms with van der Waals surface area (Å²) in [5, 5.41) is 8.56. The van der Waals surface area contributed by atoms with Crippen LogP contribution in [-0.4, -0.2) is 67.7 Å². The summed E-state index contributed by atoms with van der Waals surface area (Å²) in [7, 11) is -2.86. The van der Waals surface area contributed by atoms with Crippen LogP contribution in [0.1, 0.15) is 32.1 Å². The van der Waals surface area contributed by atoms with Gasteiger partial charge < -0.3 is 9.84 Å². The molecule has 2 heterocycles. The normalized spacial score (nSPS) is 28.3. The maximum absolute atomic E-state index is 11.7. The second-order valence-electron chi connectivity index (χ2n) is 5.66. The van der Waals surface area contributed by atoms with E-state index in [9.17, 15) is 13.2 Å². The van der Waals surface area contributed by atoms with Gasteiger partial charge in [0.05, 0.1) is 30.6 Å². The van der Waals surface area contributed by atoms with Crippen molar-refractivity contribution in [3.63, 3.8) is 0 Å². The van der Waals surface area contributed by atoms with E-state index < -0.39 is 15.8 Å². The number of ether oxygens (including phenoxy) is 1. The Morgan fingerprint density at radius 2 is 1.95 bits per heavy atom.